The van der Waals surface area contributed by atoms with Crippen molar-refractivity contribution < 1.29 is 37.6 Å². The van der Waals surface area contributed by atoms with Crippen molar-refractivity contribution in [2.75, 3.05) is 26.4 Å². The summed E-state index contributed by atoms with van der Waals surface area (Å²) in [5.41, 5.74) is 5.34. The van der Waals surface area contributed by atoms with Crippen molar-refractivity contribution in [1.29, 1.82) is 0 Å². The maximum atomic E-state index is 12.6. The van der Waals surface area contributed by atoms with E-state index in [2.05, 4.69) is 62.5 Å². The number of esters is 2. The van der Waals surface area contributed by atoms with Crippen molar-refractivity contribution in [2.24, 2.45) is 5.73 Å². The lowest BCUT2D eigenvalue weighted by Gasteiger charge is -2.19. The summed E-state index contributed by atoms with van der Waals surface area (Å²) in [4.78, 5) is 34.8. The fraction of sp³-hybridized carbons (Fsp3) is 0.733. The molecule has 0 spiro atoms. The van der Waals surface area contributed by atoms with Crippen LogP contribution in [0.1, 0.15) is 181 Å². The van der Waals surface area contributed by atoms with Crippen LogP contribution < -0.4 is 5.73 Å². The molecule has 318 valence electrons. The van der Waals surface area contributed by atoms with Gasteiger partial charge in [-0.25, -0.2) is 4.57 Å². The summed E-state index contributed by atoms with van der Waals surface area (Å²) in [5, 5.41) is 0. The molecule has 0 heterocycles. The number of unbranched alkanes of at least 4 members (excludes halogenated alkanes) is 17. The number of carbonyl (C=O) groups excluding carboxylic acids is 2. The minimum Gasteiger partial charge on any atom is -0.462 e. The van der Waals surface area contributed by atoms with E-state index in [0.29, 0.717) is 12.8 Å². The summed E-state index contributed by atoms with van der Waals surface area (Å²) in [6.45, 7) is 3.62. The SMILES string of the molecule is CCCCCC=CCC=CCC=CCC=CCC=CCCC(=O)OCC(COP(=O)(O)OCCN)OC(=O)CCCCCCCCCCCCCCCCC. The fourth-order valence-corrected chi connectivity index (χ4v) is 6.44. The smallest absolute Gasteiger partial charge is 0.462 e. The Kier molecular flexibility index (Phi) is 39.6. The summed E-state index contributed by atoms with van der Waals surface area (Å²) in [7, 11) is -4.39. The molecule has 55 heavy (non-hydrogen) atoms. The van der Waals surface area contributed by atoms with E-state index >= 15 is 0 Å². The summed E-state index contributed by atoms with van der Waals surface area (Å²) in [6.07, 6.45) is 48.3. The molecule has 0 aromatic heterocycles. The first kappa shape index (κ1) is 52.7. The summed E-state index contributed by atoms with van der Waals surface area (Å²) < 4.78 is 32.7. The maximum absolute atomic E-state index is 12.6. The number of phosphoric ester groups is 1. The van der Waals surface area contributed by atoms with Crippen LogP contribution in [0.15, 0.2) is 60.8 Å². The van der Waals surface area contributed by atoms with Crippen molar-refractivity contribution in [1.82, 2.24) is 0 Å². The second-order valence-electron chi connectivity index (χ2n) is 14.2. The van der Waals surface area contributed by atoms with Gasteiger partial charge in [0.1, 0.15) is 6.61 Å². The zero-order valence-electron chi connectivity index (χ0n) is 34.9. The van der Waals surface area contributed by atoms with Gasteiger partial charge in [-0.2, -0.15) is 0 Å². The number of hydrogen-bond donors (Lipinski definition) is 2. The molecular weight excluding hydrogens is 713 g/mol. The Bertz CT molecular complexity index is 1090. The summed E-state index contributed by atoms with van der Waals surface area (Å²) in [6, 6.07) is 0. The van der Waals surface area contributed by atoms with Crippen LogP contribution in [0.2, 0.25) is 0 Å². The number of rotatable bonds is 40. The van der Waals surface area contributed by atoms with Crippen molar-refractivity contribution in [3.05, 3.63) is 60.8 Å². The van der Waals surface area contributed by atoms with Crippen LogP contribution in [0.4, 0.5) is 0 Å². The molecule has 0 aliphatic carbocycles. The van der Waals surface area contributed by atoms with Gasteiger partial charge >= 0.3 is 19.8 Å². The number of ether oxygens (including phenoxy) is 2. The predicted molar refractivity (Wildman–Crippen MR) is 229 cm³/mol. The molecule has 10 heteroatoms. The van der Waals surface area contributed by atoms with E-state index in [4.69, 9.17) is 24.3 Å². The quantitative estimate of drug-likeness (QED) is 0.0269. The molecule has 0 aromatic rings. The highest BCUT2D eigenvalue weighted by molar-refractivity contribution is 7.47. The zero-order valence-corrected chi connectivity index (χ0v) is 35.8. The zero-order chi connectivity index (χ0) is 40.3. The van der Waals surface area contributed by atoms with Gasteiger partial charge < -0.3 is 20.1 Å². The average molecular weight is 794 g/mol. The Balaban J connectivity index is 4.27. The lowest BCUT2D eigenvalue weighted by molar-refractivity contribution is -0.161. The first-order valence-corrected chi connectivity index (χ1v) is 23.3. The van der Waals surface area contributed by atoms with E-state index in [1.54, 1.807) is 0 Å². The third-order valence-corrected chi connectivity index (χ3v) is 9.90. The lowest BCUT2D eigenvalue weighted by atomic mass is 10.0. The van der Waals surface area contributed by atoms with E-state index in [1.807, 2.05) is 12.2 Å². The molecule has 0 fully saturated rings. The largest absolute Gasteiger partial charge is 0.472 e. The normalized spacial score (nSPS) is 13.9. The second-order valence-corrected chi connectivity index (χ2v) is 15.7. The lowest BCUT2D eigenvalue weighted by Crippen LogP contribution is -2.29. The molecule has 0 radical (unpaired) electrons. The number of phosphoric acid groups is 1. The molecule has 0 aromatic carbocycles. The number of hydrogen-bond acceptors (Lipinski definition) is 8. The molecule has 0 saturated carbocycles. The number of carbonyl (C=O) groups is 2. The summed E-state index contributed by atoms with van der Waals surface area (Å²) in [5.74, 6) is -0.924. The minimum absolute atomic E-state index is 0.0429. The average Bonchev–Trinajstić information content (AvgIpc) is 3.17. The van der Waals surface area contributed by atoms with Crippen LogP contribution in [0.5, 0.6) is 0 Å². The second kappa shape index (κ2) is 41.3. The first-order chi connectivity index (χ1) is 26.8. The molecule has 3 N–H and O–H groups in total. The molecule has 0 rings (SSSR count). The van der Waals surface area contributed by atoms with Crippen LogP contribution in [-0.4, -0.2) is 49.3 Å². The van der Waals surface area contributed by atoms with Gasteiger partial charge in [0.2, 0.25) is 0 Å². The first-order valence-electron chi connectivity index (χ1n) is 21.8. The van der Waals surface area contributed by atoms with Crippen LogP contribution in [0, 0.1) is 0 Å². The van der Waals surface area contributed by atoms with Crippen LogP contribution in [0.25, 0.3) is 0 Å². The molecule has 0 bridgehead atoms. The van der Waals surface area contributed by atoms with Gasteiger partial charge in [-0.1, -0.05) is 177 Å². The van der Waals surface area contributed by atoms with Gasteiger partial charge in [-0.3, -0.25) is 18.6 Å². The van der Waals surface area contributed by atoms with E-state index in [-0.39, 0.29) is 32.6 Å². The van der Waals surface area contributed by atoms with Crippen LogP contribution >= 0.6 is 7.82 Å². The fourth-order valence-electron chi connectivity index (χ4n) is 5.68. The predicted octanol–water partition coefficient (Wildman–Crippen LogP) is 12.5. The highest BCUT2D eigenvalue weighted by Crippen LogP contribution is 2.43. The molecule has 0 amide bonds. The standard InChI is InChI=1S/C45H80NO8P/c1-3-5-7-9-11-13-15-17-19-20-21-22-24-25-27-29-31-33-35-37-44(47)51-41-43(42-53-55(49,50)52-40-39-46)54-45(48)38-36-34-32-30-28-26-23-18-16-14-12-10-8-6-4-2/h11,13,17,19,21-22,25,27,31,33,43H,3-10,12,14-16,18,20,23-24,26,28-30,32,34-42,46H2,1-2H3,(H,49,50). The van der Waals surface area contributed by atoms with Crippen LogP contribution in [-0.2, 0) is 32.7 Å². The van der Waals surface area contributed by atoms with E-state index in [0.717, 1.165) is 44.9 Å². The Morgan fingerprint density at radius 3 is 1.47 bits per heavy atom. The molecular formula is C45H80NO8P. The van der Waals surface area contributed by atoms with Crippen molar-refractivity contribution >= 4 is 19.8 Å². The number of nitrogens with two attached hydrogens (primary N) is 1. The highest BCUT2D eigenvalue weighted by atomic mass is 31.2. The van der Waals surface area contributed by atoms with Crippen molar-refractivity contribution in [3.8, 4) is 0 Å². The van der Waals surface area contributed by atoms with Gasteiger partial charge in [0, 0.05) is 19.4 Å². The van der Waals surface area contributed by atoms with Crippen LogP contribution in [0.3, 0.4) is 0 Å². The Morgan fingerprint density at radius 2 is 0.982 bits per heavy atom. The van der Waals surface area contributed by atoms with Crippen molar-refractivity contribution in [3.63, 3.8) is 0 Å². The van der Waals surface area contributed by atoms with Gasteiger partial charge in [-0.15, -0.1) is 0 Å². The molecule has 0 aliphatic rings. The Hall–Kier alpha value is -2.29. The molecule has 0 saturated heterocycles. The van der Waals surface area contributed by atoms with Gasteiger partial charge in [0.05, 0.1) is 13.2 Å². The maximum Gasteiger partial charge on any atom is 0.472 e. The summed E-state index contributed by atoms with van der Waals surface area (Å²) >= 11 is 0. The van der Waals surface area contributed by atoms with Gasteiger partial charge in [0.25, 0.3) is 0 Å². The topological polar surface area (TPSA) is 134 Å². The molecule has 2 unspecified atom stereocenters. The van der Waals surface area contributed by atoms with Crippen molar-refractivity contribution in [2.45, 2.75) is 187 Å². The number of allylic oxidation sites excluding steroid dienone is 10. The van der Waals surface area contributed by atoms with Gasteiger partial charge in [-0.05, 0) is 51.4 Å². The molecule has 0 aliphatic heterocycles. The third kappa shape index (κ3) is 41.2. The monoisotopic (exact) mass is 794 g/mol. The van der Waals surface area contributed by atoms with E-state index in [9.17, 15) is 19.0 Å². The molecule has 2 atom stereocenters. The Labute approximate surface area is 336 Å². The van der Waals surface area contributed by atoms with Gasteiger partial charge in [0.15, 0.2) is 6.10 Å². The highest BCUT2D eigenvalue weighted by Gasteiger charge is 2.25. The van der Waals surface area contributed by atoms with E-state index < -0.39 is 32.5 Å². The Morgan fingerprint density at radius 1 is 0.545 bits per heavy atom. The molecule has 9 nitrogen and oxygen atoms in total. The van der Waals surface area contributed by atoms with E-state index in [1.165, 1.54) is 96.3 Å². The third-order valence-electron chi connectivity index (χ3n) is 8.92. The minimum atomic E-state index is -4.39.